The zero-order chi connectivity index (χ0) is 23.5. The highest BCUT2D eigenvalue weighted by atomic mass is 15.2. The molecule has 6 rings (SSSR count). The average molecular weight is 468 g/mol. The molecule has 2 saturated heterocycles. The Morgan fingerprint density at radius 3 is 2.46 bits per heavy atom. The number of anilines is 1. The number of aromatic nitrogens is 5. The van der Waals surface area contributed by atoms with Crippen LogP contribution < -0.4 is 4.90 Å². The number of rotatable bonds is 8. The van der Waals surface area contributed by atoms with Crippen molar-refractivity contribution in [2.45, 2.75) is 44.9 Å². The van der Waals surface area contributed by atoms with Gasteiger partial charge < -0.3 is 14.2 Å². The van der Waals surface area contributed by atoms with Gasteiger partial charge >= 0.3 is 0 Å². The van der Waals surface area contributed by atoms with E-state index in [1.165, 1.54) is 50.0 Å². The molecule has 180 valence electrons. The Morgan fingerprint density at radius 2 is 1.57 bits per heavy atom. The number of hydrogen-bond donors (Lipinski definition) is 0. The molecular formula is C28H33N7. The van der Waals surface area contributed by atoms with E-state index in [4.69, 9.17) is 15.0 Å². The lowest BCUT2D eigenvalue weighted by atomic mass is 10.1. The lowest BCUT2D eigenvalue weighted by Gasteiger charge is -2.18. The summed E-state index contributed by atoms with van der Waals surface area (Å²) in [5.74, 6) is 1.91. The minimum atomic E-state index is 0.658. The summed E-state index contributed by atoms with van der Waals surface area (Å²) in [5, 5.41) is 0. The Bertz CT molecular complexity index is 1290. The summed E-state index contributed by atoms with van der Waals surface area (Å²) in [6, 6.07) is 12.9. The van der Waals surface area contributed by atoms with Gasteiger partial charge in [-0.15, -0.1) is 0 Å². The van der Waals surface area contributed by atoms with Gasteiger partial charge in [0, 0.05) is 68.5 Å². The predicted octanol–water partition coefficient (Wildman–Crippen LogP) is 3.94. The molecule has 7 heteroatoms. The van der Waals surface area contributed by atoms with E-state index in [-0.39, 0.29) is 0 Å². The molecule has 0 aliphatic carbocycles. The summed E-state index contributed by atoms with van der Waals surface area (Å²) in [4.78, 5) is 24.3. The van der Waals surface area contributed by atoms with E-state index in [0.717, 1.165) is 61.2 Å². The molecule has 0 aromatic carbocycles. The van der Waals surface area contributed by atoms with Crippen LogP contribution in [0.5, 0.6) is 0 Å². The van der Waals surface area contributed by atoms with Crippen molar-refractivity contribution in [1.29, 1.82) is 0 Å². The molecule has 35 heavy (non-hydrogen) atoms. The summed E-state index contributed by atoms with van der Waals surface area (Å²) in [6.45, 7) is 5.70. The molecule has 0 atom stereocenters. The molecule has 0 unspecified atom stereocenters. The van der Waals surface area contributed by atoms with E-state index in [0.29, 0.717) is 6.42 Å². The Hall–Kier alpha value is -3.32. The van der Waals surface area contributed by atoms with Gasteiger partial charge in [0.2, 0.25) is 0 Å². The summed E-state index contributed by atoms with van der Waals surface area (Å²) in [7, 11) is 0. The van der Waals surface area contributed by atoms with E-state index >= 15 is 0 Å². The standard InChI is InChI=1S/C28H33N7/c1-2-12-33(11-1)15-9-23-6-5-7-24(30-23)20-26-31-25(21-28(32-26)34-13-3-4-14-34)18-22-8-16-35-17-10-29-27(35)19-22/h5-8,10,16-17,19,21H,1-4,9,11-15,18,20H2. The fraction of sp³-hybridized carbons (Fsp3) is 0.429. The first kappa shape index (κ1) is 22.2. The summed E-state index contributed by atoms with van der Waals surface area (Å²) < 4.78 is 2.03. The van der Waals surface area contributed by atoms with Crippen LogP contribution >= 0.6 is 0 Å². The largest absolute Gasteiger partial charge is 0.357 e. The Kier molecular flexibility index (Phi) is 6.41. The van der Waals surface area contributed by atoms with Gasteiger partial charge in [-0.3, -0.25) is 4.98 Å². The van der Waals surface area contributed by atoms with Crippen molar-refractivity contribution in [3.05, 3.63) is 83.5 Å². The van der Waals surface area contributed by atoms with Crippen molar-refractivity contribution in [1.82, 2.24) is 29.2 Å². The summed E-state index contributed by atoms with van der Waals surface area (Å²) >= 11 is 0. The highest BCUT2D eigenvalue weighted by Gasteiger charge is 2.17. The molecule has 0 N–H and O–H groups in total. The maximum absolute atomic E-state index is 4.99. The highest BCUT2D eigenvalue weighted by molar-refractivity contribution is 5.45. The average Bonchev–Trinajstić information content (AvgIpc) is 3.66. The SMILES string of the molecule is c1cc(CCN2CCCC2)nc(Cc2nc(Cc3ccn4ccnc4c3)cc(N3CCCC3)n2)c1. The third kappa shape index (κ3) is 5.35. The van der Waals surface area contributed by atoms with Crippen LogP contribution in [0.2, 0.25) is 0 Å². The number of imidazole rings is 1. The third-order valence-corrected chi connectivity index (χ3v) is 7.18. The van der Waals surface area contributed by atoms with E-state index in [9.17, 15) is 0 Å². The second-order valence-electron chi connectivity index (χ2n) is 9.83. The summed E-state index contributed by atoms with van der Waals surface area (Å²) in [6.07, 6.45) is 13.4. The number of fused-ring (bicyclic) bond motifs is 1. The predicted molar refractivity (Wildman–Crippen MR) is 138 cm³/mol. The van der Waals surface area contributed by atoms with Gasteiger partial charge in [0.25, 0.3) is 0 Å². The van der Waals surface area contributed by atoms with E-state index in [1.807, 2.05) is 16.8 Å². The molecule has 2 fully saturated rings. The molecule has 0 bridgehead atoms. The molecule has 0 radical (unpaired) electrons. The molecule has 2 aliphatic rings. The van der Waals surface area contributed by atoms with Crippen LogP contribution in [0.4, 0.5) is 5.82 Å². The molecule has 0 saturated carbocycles. The third-order valence-electron chi connectivity index (χ3n) is 7.18. The fourth-order valence-electron chi connectivity index (χ4n) is 5.29. The Morgan fingerprint density at radius 1 is 0.743 bits per heavy atom. The maximum atomic E-state index is 4.99. The molecule has 0 amide bonds. The highest BCUT2D eigenvalue weighted by Crippen LogP contribution is 2.21. The molecular weight excluding hydrogens is 434 g/mol. The van der Waals surface area contributed by atoms with Crippen LogP contribution in [-0.2, 0) is 19.3 Å². The fourth-order valence-corrected chi connectivity index (χ4v) is 5.29. The minimum Gasteiger partial charge on any atom is -0.357 e. The Balaban J connectivity index is 1.23. The molecule has 6 heterocycles. The number of nitrogens with zero attached hydrogens (tertiary/aromatic N) is 7. The van der Waals surface area contributed by atoms with Gasteiger partial charge in [-0.2, -0.15) is 0 Å². The van der Waals surface area contributed by atoms with Gasteiger partial charge in [-0.05, 0) is 68.6 Å². The molecule has 7 nitrogen and oxygen atoms in total. The van der Waals surface area contributed by atoms with Crippen LogP contribution in [0.1, 0.15) is 54.2 Å². The second-order valence-corrected chi connectivity index (χ2v) is 9.83. The number of hydrogen-bond acceptors (Lipinski definition) is 6. The molecule has 4 aromatic rings. The van der Waals surface area contributed by atoms with Crippen molar-refractivity contribution in [3.63, 3.8) is 0 Å². The van der Waals surface area contributed by atoms with Crippen LogP contribution in [0.25, 0.3) is 5.65 Å². The number of pyridine rings is 2. The van der Waals surface area contributed by atoms with E-state index in [2.05, 4.69) is 57.4 Å². The monoisotopic (exact) mass is 467 g/mol. The van der Waals surface area contributed by atoms with Gasteiger partial charge in [0.05, 0.1) is 12.1 Å². The first-order chi connectivity index (χ1) is 17.3. The van der Waals surface area contributed by atoms with Gasteiger partial charge in [0.1, 0.15) is 17.3 Å². The van der Waals surface area contributed by atoms with Crippen molar-refractivity contribution in [2.75, 3.05) is 37.6 Å². The molecule has 4 aromatic heterocycles. The van der Waals surface area contributed by atoms with Gasteiger partial charge in [-0.25, -0.2) is 15.0 Å². The molecule has 2 aliphatic heterocycles. The zero-order valence-corrected chi connectivity index (χ0v) is 20.3. The van der Waals surface area contributed by atoms with Crippen molar-refractivity contribution < 1.29 is 0 Å². The van der Waals surface area contributed by atoms with Crippen LogP contribution in [0.3, 0.4) is 0 Å². The van der Waals surface area contributed by atoms with Gasteiger partial charge in [-0.1, -0.05) is 6.07 Å². The van der Waals surface area contributed by atoms with Gasteiger partial charge in [0.15, 0.2) is 0 Å². The zero-order valence-electron chi connectivity index (χ0n) is 20.3. The lowest BCUT2D eigenvalue weighted by Crippen LogP contribution is -2.22. The van der Waals surface area contributed by atoms with Crippen LogP contribution in [-0.4, -0.2) is 62.0 Å². The lowest BCUT2D eigenvalue weighted by molar-refractivity contribution is 0.342. The van der Waals surface area contributed by atoms with Crippen molar-refractivity contribution >= 4 is 11.5 Å². The van der Waals surface area contributed by atoms with E-state index in [1.54, 1.807) is 0 Å². The van der Waals surface area contributed by atoms with Crippen LogP contribution in [0.15, 0.2) is 55.0 Å². The second kappa shape index (κ2) is 10.1. The molecule has 0 spiro atoms. The quantitative estimate of drug-likeness (QED) is 0.391. The van der Waals surface area contributed by atoms with E-state index < -0.39 is 0 Å². The number of likely N-dealkylation sites (tertiary alicyclic amines) is 1. The first-order valence-corrected chi connectivity index (χ1v) is 13.0. The maximum Gasteiger partial charge on any atom is 0.136 e. The smallest absolute Gasteiger partial charge is 0.136 e. The van der Waals surface area contributed by atoms with Crippen LogP contribution in [0, 0.1) is 0 Å². The van der Waals surface area contributed by atoms with Crippen molar-refractivity contribution in [3.8, 4) is 0 Å². The minimum absolute atomic E-state index is 0.658. The summed E-state index contributed by atoms with van der Waals surface area (Å²) in [5.41, 5.74) is 5.44. The first-order valence-electron chi connectivity index (χ1n) is 13.0. The topological polar surface area (TPSA) is 62.5 Å². The van der Waals surface area contributed by atoms with Crippen molar-refractivity contribution in [2.24, 2.45) is 0 Å². The Labute approximate surface area is 206 Å². The normalized spacial score (nSPS) is 16.5.